The molecule has 2 atom stereocenters. The number of aromatic nitrogens is 4. The van der Waals surface area contributed by atoms with E-state index in [-0.39, 0.29) is 11.2 Å². The Labute approximate surface area is 159 Å². The summed E-state index contributed by atoms with van der Waals surface area (Å²) >= 11 is 0. The van der Waals surface area contributed by atoms with Crippen molar-refractivity contribution >= 4 is 11.2 Å². The Hall–Kier alpha value is -1.89. The summed E-state index contributed by atoms with van der Waals surface area (Å²) in [5, 5.41) is 0. The summed E-state index contributed by atoms with van der Waals surface area (Å²) in [5.41, 5.74) is 0.346. The van der Waals surface area contributed by atoms with Crippen LogP contribution in [0.15, 0.2) is 9.59 Å². The van der Waals surface area contributed by atoms with E-state index in [0.29, 0.717) is 17.7 Å². The Morgan fingerprint density at radius 2 is 1.93 bits per heavy atom. The molecule has 7 heteroatoms. The number of piperidine rings is 1. The second-order valence-corrected chi connectivity index (χ2v) is 8.35. The molecule has 148 valence electrons. The number of aromatic amines is 1. The third-order valence-corrected chi connectivity index (χ3v) is 6.58. The first-order valence-electron chi connectivity index (χ1n) is 10.5. The molecule has 4 rings (SSSR count). The van der Waals surface area contributed by atoms with Crippen molar-refractivity contribution in [2.45, 2.75) is 65.0 Å². The van der Waals surface area contributed by atoms with E-state index in [1.807, 2.05) is 11.6 Å². The lowest BCUT2D eigenvalue weighted by Gasteiger charge is -2.41. The number of hydrogen-bond donors (Lipinski definition) is 1. The molecule has 7 nitrogen and oxygen atoms in total. The summed E-state index contributed by atoms with van der Waals surface area (Å²) in [6.07, 6.45) is 8.65. The van der Waals surface area contributed by atoms with Gasteiger partial charge in [-0.25, -0.2) is 9.78 Å². The Morgan fingerprint density at radius 1 is 1.15 bits per heavy atom. The van der Waals surface area contributed by atoms with Crippen molar-refractivity contribution in [3.8, 4) is 0 Å². The topological polar surface area (TPSA) is 75.9 Å². The number of nitrogens with zero attached hydrogens (tertiary/aromatic N) is 4. The summed E-state index contributed by atoms with van der Waals surface area (Å²) in [5.74, 6) is 2.59. The average Bonchev–Trinajstić information content (AvgIpc) is 2.98. The molecule has 1 saturated carbocycles. The zero-order valence-corrected chi connectivity index (χ0v) is 16.5. The van der Waals surface area contributed by atoms with E-state index >= 15 is 0 Å². The standard InChI is InChI=1S/C20H31N5O2/c1-3-4-10-25-18-17(19(26)22-20(25)27)23(2)16(21-18)13-24-11-9-14-7-5-6-8-15(14)12-24/h14-15H,3-13H2,1-2H3,(H,22,26,27)/t14-,15+/m1/s1. The fourth-order valence-electron chi connectivity index (χ4n) is 4.98. The lowest BCUT2D eigenvalue weighted by atomic mass is 9.75. The van der Waals surface area contributed by atoms with E-state index in [4.69, 9.17) is 4.98 Å². The molecule has 3 heterocycles. The van der Waals surface area contributed by atoms with Gasteiger partial charge >= 0.3 is 5.69 Å². The largest absolute Gasteiger partial charge is 0.330 e. The summed E-state index contributed by atoms with van der Waals surface area (Å²) < 4.78 is 3.50. The van der Waals surface area contributed by atoms with Gasteiger partial charge in [-0.05, 0) is 37.6 Å². The van der Waals surface area contributed by atoms with Crippen LogP contribution in [0.2, 0.25) is 0 Å². The van der Waals surface area contributed by atoms with E-state index in [2.05, 4.69) is 16.8 Å². The van der Waals surface area contributed by atoms with Crippen molar-refractivity contribution in [3.63, 3.8) is 0 Å². The van der Waals surface area contributed by atoms with Crippen LogP contribution in [0.1, 0.15) is 57.7 Å². The van der Waals surface area contributed by atoms with Crippen molar-refractivity contribution in [2.75, 3.05) is 13.1 Å². The molecule has 2 aromatic heterocycles. The molecule has 27 heavy (non-hydrogen) atoms. The molecule has 1 aliphatic carbocycles. The summed E-state index contributed by atoms with van der Waals surface area (Å²) in [6.45, 7) is 5.66. The second-order valence-electron chi connectivity index (χ2n) is 8.35. The summed E-state index contributed by atoms with van der Waals surface area (Å²) in [6, 6.07) is 0. The maximum absolute atomic E-state index is 12.4. The van der Waals surface area contributed by atoms with Gasteiger partial charge in [0.05, 0.1) is 6.54 Å². The third-order valence-electron chi connectivity index (χ3n) is 6.58. The highest BCUT2D eigenvalue weighted by atomic mass is 16.2. The molecule has 0 radical (unpaired) electrons. The van der Waals surface area contributed by atoms with Crippen molar-refractivity contribution in [2.24, 2.45) is 18.9 Å². The van der Waals surface area contributed by atoms with Crippen LogP contribution in [0.5, 0.6) is 0 Å². The van der Waals surface area contributed by atoms with Crippen LogP contribution in [0.25, 0.3) is 11.2 Å². The van der Waals surface area contributed by atoms with Gasteiger partial charge in [0.2, 0.25) is 0 Å². The number of nitrogens with one attached hydrogen (secondary N) is 1. The number of likely N-dealkylation sites (tertiary alicyclic amines) is 1. The van der Waals surface area contributed by atoms with Crippen molar-refractivity contribution in [1.29, 1.82) is 0 Å². The Bertz CT molecular complexity index is 925. The molecule has 0 bridgehead atoms. The molecular formula is C20H31N5O2. The second kappa shape index (κ2) is 7.62. The minimum Gasteiger partial charge on any atom is -0.324 e. The van der Waals surface area contributed by atoms with Crippen LogP contribution >= 0.6 is 0 Å². The number of rotatable bonds is 5. The first kappa shape index (κ1) is 18.5. The maximum atomic E-state index is 12.4. The van der Waals surface area contributed by atoms with Gasteiger partial charge < -0.3 is 4.57 Å². The number of H-pyrrole nitrogens is 1. The molecule has 0 amide bonds. The van der Waals surface area contributed by atoms with E-state index in [9.17, 15) is 9.59 Å². The van der Waals surface area contributed by atoms with Crippen LogP contribution < -0.4 is 11.2 Å². The first-order valence-corrected chi connectivity index (χ1v) is 10.5. The van der Waals surface area contributed by atoms with E-state index < -0.39 is 0 Å². The van der Waals surface area contributed by atoms with Crippen molar-refractivity contribution in [3.05, 3.63) is 26.7 Å². The normalized spacial score (nSPS) is 23.6. The molecular weight excluding hydrogens is 342 g/mol. The number of aryl methyl sites for hydroxylation is 2. The van der Waals surface area contributed by atoms with Crippen LogP contribution in [-0.2, 0) is 20.1 Å². The fraction of sp³-hybridized carbons (Fsp3) is 0.750. The summed E-state index contributed by atoms with van der Waals surface area (Å²) in [7, 11) is 1.89. The molecule has 2 aromatic rings. The predicted molar refractivity (Wildman–Crippen MR) is 106 cm³/mol. The van der Waals surface area contributed by atoms with E-state index in [1.54, 1.807) is 4.57 Å². The first-order chi connectivity index (χ1) is 13.1. The van der Waals surface area contributed by atoms with Crippen LogP contribution in [-0.4, -0.2) is 37.1 Å². The molecule has 0 spiro atoms. The highest BCUT2D eigenvalue weighted by Gasteiger charge is 2.31. The molecule has 2 fully saturated rings. The Balaban J connectivity index is 1.62. The zero-order chi connectivity index (χ0) is 19.0. The number of imidazole rings is 1. The monoisotopic (exact) mass is 373 g/mol. The lowest BCUT2D eigenvalue weighted by molar-refractivity contribution is 0.0798. The van der Waals surface area contributed by atoms with Gasteiger partial charge in [0.15, 0.2) is 11.2 Å². The SMILES string of the molecule is CCCCn1c(=O)[nH]c(=O)c2c1nc(CN1CC[C@H]3CCCC[C@H]3C1)n2C. The van der Waals surface area contributed by atoms with Gasteiger partial charge in [-0.3, -0.25) is 19.2 Å². The highest BCUT2D eigenvalue weighted by Crippen LogP contribution is 2.36. The van der Waals surface area contributed by atoms with Gasteiger partial charge in [-0.1, -0.05) is 32.6 Å². The van der Waals surface area contributed by atoms with Gasteiger partial charge in [-0.2, -0.15) is 0 Å². The third kappa shape index (κ3) is 3.49. The number of unbranched alkanes of at least 4 members (excludes halogenated alkanes) is 1. The average molecular weight is 374 g/mol. The summed E-state index contributed by atoms with van der Waals surface area (Å²) in [4.78, 5) is 34.4. The van der Waals surface area contributed by atoms with Crippen molar-refractivity contribution < 1.29 is 0 Å². The molecule has 2 aliphatic rings. The fourth-order valence-corrected chi connectivity index (χ4v) is 4.98. The van der Waals surface area contributed by atoms with Crippen LogP contribution in [0.3, 0.4) is 0 Å². The maximum Gasteiger partial charge on any atom is 0.330 e. The zero-order valence-electron chi connectivity index (χ0n) is 16.5. The van der Waals surface area contributed by atoms with E-state index in [1.165, 1.54) is 32.1 Å². The Kier molecular flexibility index (Phi) is 5.21. The Morgan fingerprint density at radius 3 is 2.70 bits per heavy atom. The minimum absolute atomic E-state index is 0.338. The molecule has 1 saturated heterocycles. The molecule has 1 N–H and O–H groups in total. The van der Waals surface area contributed by atoms with Crippen LogP contribution in [0.4, 0.5) is 0 Å². The van der Waals surface area contributed by atoms with Crippen molar-refractivity contribution in [1.82, 2.24) is 24.0 Å². The number of fused-ring (bicyclic) bond motifs is 2. The van der Waals surface area contributed by atoms with Gasteiger partial charge in [0.1, 0.15) is 5.82 Å². The lowest BCUT2D eigenvalue weighted by Crippen LogP contribution is -2.41. The van der Waals surface area contributed by atoms with Gasteiger partial charge in [0.25, 0.3) is 5.56 Å². The minimum atomic E-state index is -0.353. The van der Waals surface area contributed by atoms with Gasteiger partial charge in [0, 0.05) is 20.1 Å². The molecule has 0 aromatic carbocycles. The van der Waals surface area contributed by atoms with E-state index in [0.717, 1.165) is 50.1 Å². The van der Waals surface area contributed by atoms with Crippen LogP contribution in [0, 0.1) is 11.8 Å². The number of hydrogen-bond acceptors (Lipinski definition) is 4. The van der Waals surface area contributed by atoms with Gasteiger partial charge in [-0.15, -0.1) is 0 Å². The molecule has 1 aliphatic heterocycles. The highest BCUT2D eigenvalue weighted by molar-refractivity contribution is 5.70. The molecule has 0 unspecified atom stereocenters. The predicted octanol–water partition coefficient (Wildman–Crippen LogP) is 2.24. The smallest absolute Gasteiger partial charge is 0.324 e. The quantitative estimate of drug-likeness (QED) is 0.872.